The summed E-state index contributed by atoms with van der Waals surface area (Å²) in [5.74, 6) is 0. The zero-order valence-electron chi connectivity index (χ0n) is 56.5. The summed E-state index contributed by atoms with van der Waals surface area (Å²) in [6.45, 7) is 17.4. The third-order valence-electron chi connectivity index (χ3n) is 26.8. The molecule has 26 rings (SSSR count). The quantitative estimate of drug-likeness (QED) is 0.164. The average Bonchev–Trinajstić information content (AvgIpc) is 1.50. The zero-order valence-corrected chi connectivity index (χ0v) is 56.5. The third-order valence-corrected chi connectivity index (χ3v) is 26.8. The van der Waals surface area contributed by atoms with Crippen molar-refractivity contribution in [1.82, 2.24) is 17.6 Å². The summed E-state index contributed by atoms with van der Waals surface area (Å²) >= 11 is 0. The van der Waals surface area contributed by atoms with E-state index in [4.69, 9.17) is 0 Å². The molecule has 0 bridgehead atoms. The molecule has 0 saturated carbocycles. The van der Waals surface area contributed by atoms with Crippen LogP contribution in [0.3, 0.4) is 0 Å². The van der Waals surface area contributed by atoms with E-state index in [9.17, 15) is 0 Å². The second kappa shape index (κ2) is 16.4. The Labute approximate surface area is 574 Å². The number of para-hydroxylation sites is 4. The molecular weight excluding hydrogens is 1210 g/mol. The van der Waals surface area contributed by atoms with Crippen LogP contribution in [0.25, 0.3) is 197 Å². The minimum Gasteiger partial charge on any atom is -0.308 e. The average molecular weight is 1270 g/mol. The van der Waals surface area contributed by atoms with Crippen LogP contribution >= 0.6 is 0 Å². The van der Waals surface area contributed by atoms with Gasteiger partial charge in [-0.15, -0.1) is 0 Å². The van der Waals surface area contributed by atoms with Crippen molar-refractivity contribution in [3.05, 3.63) is 287 Å². The topological polar surface area (TPSA) is 17.6 Å². The Morgan fingerprint density at radius 1 is 0.220 bits per heavy atom. The van der Waals surface area contributed by atoms with Gasteiger partial charge in [0.05, 0.1) is 66.2 Å². The van der Waals surface area contributed by atoms with Crippen LogP contribution in [0, 0.1) is 0 Å². The molecule has 0 N–H and O–H groups in total. The Hall–Kier alpha value is -11.7. The predicted molar refractivity (Wildman–Crippen MR) is 420 cm³/mol. The monoisotopic (exact) mass is 1270 g/mol. The molecule has 4 aliphatic rings. The van der Waals surface area contributed by atoms with Gasteiger partial charge in [0.15, 0.2) is 0 Å². The molecule has 0 amide bonds. The normalized spacial score (nSPS) is 17.1. The Kier molecular flexibility index (Phi) is 8.57. The summed E-state index contributed by atoms with van der Waals surface area (Å²) in [4.78, 5) is 0. The molecule has 1 atom stereocenters. The number of rotatable bonds is 2. The Morgan fingerprint density at radius 2 is 0.600 bits per heavy atom. The second-order valence-corrected chi connectivity index (χ2v) is 32.3. The first-order valence-corrected chi connectivity index (χ1v) is 36.0. The number of hydrogen-bond donors (Lipinski definition) is 0. The van der Waals surface area contributed by atoms with Crippen LogP contribution < -0.4 is 0 Å². The molecule has 22 aromatic rings. The molecule has 0 aliphatic heterocycles. The lowest BCUT2D eigenvalue weighted by molar-refractivity contribution is 0.590. The molecule has 0 saturated heterocycles. The minimum absolute atomic E-state index is 0.150. The molecule has 100 heavy (non-hydrogen) atoms. The fraction of sp³-hybridized carbons (Fsp3) is 0.125. The van der Waals surface area contributed by atoms with E-state index in [0.29, 0.717) is 0 Å². The van der Waals surface area contributed by atoms with Gasteiger partial charge in [0, 0.05) is 108 Å². The lowest BCUT2D eigenvalue weighted by atomic mass is 9.72. The summed E-state index contributed by atoms with van der Waals surface area (Å²) in [5.41, 5.74) is 38.3. The van der Waals surface area contributed by atoms with Gasteiger partial charge in [-0.25, -0.2) is 0 Å². The van der Waals surface area contributed by atoms with Crippen molar-refractivity contribution in [2.45, 2.75) is 76.5 Å². The standard InChI is InChI=1S/C96H62N4/c1-93(2)71-33-15-10-24-51(71)66-41-68-63-45-77-64(46-76(63)97-74-36-18-12-26-58(74)81(83(66)93)89(68)97)69-42-67-52-25-11-17-35-73(52)96(7,84(67)82-59-27-13-19-37-75(59)98(77)90(69)82)47-48-40-65-50-23-9-16-34-72(50)95(5,6)86(65)92-80(48)60-31-21-30-56-62-43-78-61(44-79(62)100(92)88(56)60)55-29-20-28-54-57-39-38-53-49-22-8-14-32-70(49)94(3,4)85(53)91(57)99(78)87(54)55/h8-46H,47H2,1-7H3. The molecule has 4 aliphatic carbocycles. The minimum atomic E-state index is -0.441. The smallest absolute Gasteiger partial charge is 0.0624 e. The summed E-state index contributed by atoms with van der Waals surface area (Å²) < 4.78 is 10.7. The van der Waals surface area contributed by atoms with Crippen molar-refractivity contribution >= 4 is 152 Å². The van der Waals surface area contributed by atoms with Gasteiger partial charge in [-0.1, -0.05) is 237 Å². The number of nitrogens with zero attached hydrogens (tertiary/aromatic N) is 4. The van der Waals surface area contributed by atoms with E-state index in [1.807, 2.05) is 0 Å². The highest BCUT2D eigenvalue weighted by molar-refractivity contribution is 6.34. The highest BCUT2D eigenvalue weighted by Crippen LogP contribution is 2.63. The third kappa shape index (κ3) is 5.42. The largest absolute Gasteiger partial charge is 0.308 e. The summed E-state index contributed by atoms with van der Waals surface area (Å²) in [7, 11) is 0. The van der Waals surface area contributed by atoms with Crippen LogP contribution in [0.4, 0.5) is 0 Å². The maximum atomic E-state index is 2.76. The van der Waals surface area contributed by atoms with Gasteiger partial charge in [-0.05, 0) is 150 Å². The van der Waals surface area contributed by atoms with E-state index in [0.717, 1.165) is 6.42 Å². The van der Waals surface area contributed by atoms with E-state index in [1.54, 1.807) is 0 Å². The van der Waals surface area contributed by atoms with Crippen molar-refractivity contribution in [3.63, 3.8) is 0 Å². The molecule has 14 aromatic carbocycles. The maximum Gasteiger partial charge on any atom is 0.0624 e. The second-order valence-electron chi connectivity index (χ2n) is 32.3. The van der Waals surface area contributed by atoms with E-state index in [-0.39, 0.29) is 16.2 Å². The molecule has 8 heterocycles. The van der Waals surface area contributed by atoms with E-state index < -0.39 is 5.41 Å². The van der Waals surface area contributed by atoms with Gasteiger partial charge in [-0.3, -0.25) is 0 Å². The van der Waals surface area contributed by atoms with Gasteiger partial charge in [0.2, 0.25) is 0 Å². The van der Waals surface area contributed by atoms with Crippen LogP contribution in [0.2, 0.25) is 0 Å². The van der Waals surface area contributed by atoms with Gasteiger partial charge in [-0.2, -0.15) is 0 Å². The van der Waals surface area contributed by atoms with Crippen LogP contribution in [0.1, 0.15) is 98.5 Å². The van der Waals surface area contributed by atoms with Gasteiger partial charge in [0.1, 0.15) is 0 Å². The van der Waals surface area contributed by atoms with Crippen molar-refractivity contribution < 1.29 is 0 Å². The van der Waals surface area contributed by atoms with E-state index in [2.05, 4.69) is 303 Å². The van der Waals surface area contributed by atoms with Crippen molar-refractivity contribution in [1.29, 1.82) is 0 Å². The molecular formula is C96H62N4. The van der Waals surface area contributed by atoms with Gasteiger partial charge in [0.25, 0.3) is 0 Å². The first-order valence-electron chi connectivity index (χ1n) is 36.0. The summed E-state index contributed by atoms with van der Waals surface area (Å²) in [5, 5.41) is 21.3. The number of aromatic nitrogens is 4. The highest BCUT2D eigenvalue weighted by atomic mass is 15.0. The van der Waals surface area contributed by atoms with Crippen molar-refractivity contribution in [2.24, 2.45) is 0 Å². The van der Waals surface area contributed by atoms with E-state index >= 15 is 0 Å². The molecule has 4 nitrogen and oxygen atoms in total. The van der Waals surface area contributed by atoms with Crippen molar-refractivity contribution in [2.75, 3.05) is 0 Å². The lowest BCUT2D eigenvalue weighted by Crippen LogP contribution is -2.24. The number of hydrogen-bond acceptors (Lipinski definition) is 0. The van der Waals surface area contributed by atoms with Crippen LogP contribution in [-0.2, 0) is 28.1 Å². The number of fused-ring (bicyclic) bond motifs is 40. The fourth-order valence-electron chi connectivity index (χ4n) is 23.0. The first-order chi connectivity index (χ1) is 48.8. The van der Waals surface area contributed by atoms with Crippen LogP contribution in [-0.4, -0.2) is 17.6 Å². The fourth-order valence-corrected chi connectivity index (χ4v) is 23.0. The van der Waals surface area contributed by atoms with Crippen LogP contribution in [0.15, 0.2) is 237 Å². The summed E-state index contributed by atoms with van der Waals surface area (Å²) in [6, 6.07) is 93.0. The molecule has 0 spiro atoms. The lowest BCUT2D eigenvalue weighted by Gasteiger charge is -2.30. The molecule has 4 heteroatoms. The molecule has 0 radical (unpaired) electrons. The van der Waals surface area contributed by atoms with Crippen LogP contribution in [0.5, 0.6) is 0 Å². The molecule has 466 valence electrons. The Morgan fingerprint density at radius 3 is 1.17 bits per heavy atom. The maximum absolute atomic E-state index is 2.76. The zero-order chi connectivity index (χ0) is 65.6. The molecule has 1 unspecified atom stereocenters. The number of benzene rings is 14. The summed E-state index contributed by atoms with van der Waals surface area (Å²) in [6.07, 6.45) is 0.811. The van der Waals surface area contributed by atoms with E-state index in [1.165, 1.54) is 247 Å². The Bertz CT molecular complexity index is 7710. The predicted octanol–water partition coefficient (Wildman–Crippen LogP) is 24.7. The van der Waals surface area contributed by atoms with Gasteiger partial charge >= 0.3 is 0 Å². The first kappa shape index (κ1) is 52.4. The SMILES string of the molecule is CC1(C)c2ccccc2-c2cc3c4cc5c(cc4n4c6ccccc6c(c21)c34)c1cc2c(c3c4ccccc4n5c13)C(C)(Cc1cc3c(c4c1c1cccc5c6cc7c(cc6n4c51)c1cccc4c5ccc6c(c5n7c14)C(C)(C)c1ccccc1-6)C(C)(C)c1ccccc1-3)c1ccccc1-2. The van der Waals surface area contributed by atoms with Gasteiger partial charge < -0.3 is 17.6 Å². The highest BCUT2D eigenvalue weighted by Gasteiger charge is 2.47. The molecule has 8 aromatic heterocycles. The van der Waals surface area contributed by atoms with Crippen molar-refractivity contribution in [3.8, 4) is 44.5 Å². The Balaban J connectivity index is 0.750. The molecule has 0 fully saturated rings.